The van der Waals surface area contributed by atoms with Gasteiger partial charge in [0.2, 0.25) is 0 Å². The number of nitrogens with zero attached hydrogens (tertiary/aromatic N) is 1. The molecule has 1 aromatic carbocycles. The molecule has 0 atom stereocenters. The largest absolute Gasteiger partial charge is 0.396 e. The van der Waals surface area contributed by atoms with E-state index >= 15 is 0 Å². The molecule has 1 aromatic heterocycles. The number of thiophene rings is 1. The quantitative estimate of drug-likeness (QED) is 0.692. The minimum Gasteiger partial charge on any atom is -0.396 e. The predicted molar refractivity (Wildman–Crippen MR) is 86.8 cm³/mol. The first-order valence-electron chi connectivity index (χ1n) is 6.40. The Morgan fingerprint density at radius 1 is 1.30 bits per heavy atom. The first-order valence-corrected chi connectivity index (χ1v) is 8.45. The number of hydrogen-bond donors (Lipinski definition) is 1. The zero-order valence-corrected chi connectivity index (χ0v) is 13.1. The maximum Gasteiger partial charge on any atom is 0.171 e. The van der Waals surface area contributed by atoms with Crippen molar-refractivity contribution in [3.8, 4) is 0 Å². The number of carbonyl (C=O) groups is 1. The van der Waals surface area contributed by atoms with Gasteiger partial charge in [-0.25, -0.2) is 0 Å². The Labute approximate surface area is 126 Å². The van der Waals surface area contributed by atoms with Gasteiger partial charge in [-0.05, 0) is 17.4 Å². The maximum atomic E-state index is 11.7. The van der Waals surface area contributed by atoms with Crippen LogP contribution in [0.15, 0.2) is 29.2 Å². The fraction of sp³-hybridized carbons (Fsp3) is 0.267. The summed E-state index contributed by atoms with van der Waals surface area (Å²) in [7, 11) is 0. The normalized spacial score (nSPS) is 13.6. The van der Waals surface area contributed by atoms with E-state index in [2.05, 4.69) is 29.2 Å². The smallest absolute Gasteiger partial charge is 0.171 e. The van der Waals surface area contributed by atoms with Crippen LogP contribution in [-0.2, 0) is 13.1 Å². The van der Waals surface area contributed by atoms with Crippen LogP contribution in [0.5, 0.6) is 0 Å². The van der Waals surface area contributed by atoms with Crippen molar-refractivity contribution >= 4 is 39.6 Å². The van der Waals surface area contributed by atoms with Crippen LogP contribution < -0.4 is 10.6 Å². The molecule has 0 fully saturated rings. The molecule has 1 aliphatic heterocycles. The minimum atomic E-state index is 0.0470. The van der Waals surface area contributed by atoms with E-state index in [1.165, 1.54) is 22.5 Å². The van der Waals surface area contributed by atoms with Gasteiger partial charge in [-0.15, -0.1) is 23.1 Å². The van der Waals surface area contributed by atoms with Gasteiger partial charge < -0.3 is 10.6 Å². The van der Waals surface area contributed by atoms with Crippen molar-refractivity contribution in [2.45, 2.75) is 24.9 Å². The Hall–Kier alpha value is -1.46. The third-order valence-electron chi connectivity index (χ3n) is 3.53. The number of thioether (sulfide) groups is 1. The summed E-state index contributed by atoms with van der Waals surface area (Å²) >= 11 is 3.13. The molecule has 0 spiro atoms. The van der Waals surface area contributed by atoms with Gasteiger partial charge in [0.1, 0.15) is 5.00 Å². The molecule has 5 heteroatoms. The van der Waals surface area contributed by atoms with E-state index < -0.39 is 0 Å². The Kier molecular flexibility index (Phi) is 3.48. The van der Waals surface area contributed by atoms with E-state index in [0.29, 0.717) is 10.6 Å². The molecule has 0 bridgehead atoms. The van der Waals surface area contributed by atoms with Gasteiger partial charge in [-0.2, -0.15) is 0 Å². The van der Waals surface area contributed by atoms with Crippen LogP contribution in [0.2, 0.25) is 0 Å². The topological polar surface area (TPSA) is 46.3 Å². The molecule has 1 aliphatic rings. The predicted octanol–water partition coefficient (Wildman–Crippen LogP) is 3.78. The van der Waals surface area contributed by atoms with Gasteiger partial charge in [0.05, 0.1) is 15.5 Å². The summed E-state index contributed by atoms with van der Waals surface area (Å²) in [4.78, 5) is 15.7. The highest BCUT2D eigenvalue weighted by atomic mass is 32.2. The number of anilines is 2. The van der Waals surface area contributed by atoms with Gasteiger partial charge >= 0.3 is 0 Å². The van der Waals surface area contributed by atoms with Crippen LogP contribution in [0.25, 0.3) is 0 Å². The number of ketones is 1. The average molecular weight is 304 g/mol. The number of hydrogen-bond acceptors (Lipinski definition) is 5. The molecule has 2 heterocycles. The first kappa shape index (κ1) is 13.5. The summed E-state index contributed by atoms with van der Waals surface area (Å²) in [5, 5.41) is 1.12. The summed E-state index contributed by atoms with van der Waals surface area (Å²) < 4.78 is 0. The van der Waals surface area contributed by atoms with Gasteiger partial charge in [-0.3, -0.25) is 4.79 Å². The fourth-order valence-electron chi connectivity index (χ4n) is 2.56. The number of nitrogens with two attached hydrogens (primary N) is 1. The highest BCUT2D eigenvalue weighted by Crippen LogP contribution is 2.46. The molecule has 20 heavy (non-hydrogen) atoms. The second kappa shape index (κ2) is 5.14. The van der Waals surface area contributed by atoms with Gasteiger partial charge in [0, 0.05) is 20.0 Å². The molecular formula is C15H16N2OS2. The number of nitrogen functional groups attached to an aromatic ring is 1. The monoisotopic (exact) mass is 304 g/mol. The van der Waals surface area contributed by atoms with E-state index in [4.69, 9.17) is 5.73 Å². The number of benzene rings is 1. The van der Waals surface area contributed by atoms with Crippen molar-refractivity contribution in [2.24, 2.45) is 0 Å². The third kappa shape index (κ3) is 2.11. The van der Waals surface area contributed by atoms with Crippen molar-refractivity contribution in [2.75, 3.05) is 16.9 Å². The SMILES string of the molecule is CSc1c(N2Cc3ccccc3C2)sc(C(C)=O)c1N. The molecule has 0 unspecified atom stereocenters. The highest BCUT2D eigenvalue weighted by molar-refractivity contribution is 7.99. The zero-order chi connectivity index (χ0) is 14.3. The molecule has 0 radical (unpaired) electrons. The van der Waals surface area contributed by atoms with Crippen LogP contribution >= 0.6 is 23.1 Å². The van der Waals surface area contributed by atoms with E-state index in [1.54, 1.807) is 18.7 Å². The minimum absolute atomic E-state index is 0.0470. The molecule has 0 amide bonds. The summed E-state index contributed by atoms with van der Waals surface area (Å²) in [6, 6.07) is 8.47. The second-order valence-electron chi connectivity index (χ2n) is 4.86. The Bertz CT molecular complexity index is 654. The maximum absolute atomic E-state index is 11.7. The molecule has 2 aromatic rings. The lowest BCUT2D eigenvalue weighted by molar-refractivity contribution is 0.102. The third-order valence-corrected chi connectivity index (χ3v) is 5.85. The average Bonchev–Trinajstić information content (AvgIpc) is 2.98. The van der Waals surface area contributed by atoms with Crippen LogP contribution in [0.4, 0.5) is 10.7 Å². The van der Waals surface area contributed by atoms with Gasteiger partial charge in [0.25, 0.3) is 0 Å². The number of Topliss-reactive ketones (excluding diaryl/α,β-unsaturated/α-hetero) is 1. The van der Waals surface area contributed by atoms with Crippen molar-refractivity contribution in [1.82, 2.24) is 0 Å². The fourth-order valence-corrected chi connectivity index (χ4v) is 4.64. The first-order chi connectivity index (χ1) is 9.61. The van der Waals surface area contributed by atoms with E-state index in [1.807, 2.05) is 6.26 Å². The Morgan fingerprint density at radius 2 is 1.90 bits per heavy atom. The standard InChI is InChI=1S/C15H16N2OS2/c1-9(18)13-12(16)14(19-2)15(20-13)17-7-10-5-3-4-6-11(10)8-17/h3-6H,7-8,16H2,1-2H3. The summed E-state index contributed by atoms with van der Waals surface area (Å²) in [5.41, 5.74) is 9.48. The highest BCUT2D eigenvalue weighted by Gasteiger charge is 2.26. The lowest BCUT2D eigenvalue weighted by atomic mass is 10.1. The van der Waals surface area contributed by atoms with Crippen LogP contribution in [-0.4, -0.2) is 12.0 Å². The number of carbonyl (C=O) groups excluding carboxylic acids is 1. The van der Waals surface area contributed by atoms with Gasteiger partial charge in [0.15, 0.2) is 5.78 Å². The lowest BCUT2D eigenvalue weighted by Gasteiger charge is -2.17. The molecule has 104 valence electrons. The summed E-state index contributed by atoms with van der Waals surface area (Å²) in [6.45, 7) is 3.36. The van der Waals surface area contributed by atoms with E-state index in [-0.39, 0.29) is 5.78 Å². The lowest BCUT2D eigenvalue weighted by Crippen LogP contribution is -2.13. The Balaban J connectivity index is 2.00. The molecule has 3 nitrogen and oxygen atoms in total. The van der Waals surface area contributed by atoms with E-state index in [0.717, 1.165) is 23.0 Å². The van der Waals surface area contributed by atoms with Crippen molar-refractivity contribution < 1.29 is 4.79 Å². The molecule has 3 rings (SSSR count). The number of fused-ring (bicyclic) bond motifs is 1. The summed E-state index contributed by atoms with van der Waals surface area (Å²) in [6.07, 6.45) is 2.01. The molecule has 2 N–H and O–H groups in total. The zero-order valence-electron chi connectivity index (χ0n) is 11.5. The van der Waals surface area contributed by atoms with Crippen LogP contribution in [0.3, 0.4) is 0 Å². The summed E-state index contributed by atoms with van der Waals surface area (Å²) in [5.74, 6) is 0.0470. The second-order valence-corrected chi connectivity index (χ2v) is 6.68. The van der Waals surface area contributed by atoms with Gasteiger partial charge in [-0.1, -0.05) is 24.3 Å². The molecule has 0 saturated carbocycles. The van der Waals surface area contributed by atoms with E-state index in [9.17, 15) is 4.79 Å². The van der Waals surface area contributed by atoms with Crippen LogP contribution in [0, 0.1) is 0 Å². The Morgan fingerprint density at radius 3 is 2.40 bits per heavy atom. The van der Waals surface area contributed by atoms with Crippen molar-refractivity contribution in [3.63, 3.8) is 0 Å². The molecular weight excluding hydrogens is 288 g/mol. The van der Waals surface area contributed by atoms with Crippen molar-refractivity contribution in [1.29, 1.82) is 0 Å². The molecule has 0 aliphatic carbocycles. The van der Waals surface area contributed by atoms with Crippen LogP contribution in [0.1, 0.15) is 27.7 Å². The molecule has 0 saturated heterocycles. The van der Waals surface area contributed by atoms with Crippen molar-refractivity contribution in [3.05, 3.63) is 40.3 Å². The number of rotatable bonds is 3.